The molecule has 1 aromatic carbocycles. The Kier molecular flexibility index (Phi) is 5.88. The Hall–Kier alpha value is -2.76. The summed E-state index contributed by atoms with van der Waals surface area (Å²) in [5, 5.41) is 3.19. The molecule has 4 rings (SSSR count). The molecule has 1 aliphatic rings. The lowest BCUT2D eigenvalue weighted by molar-refractivity contribution is -0.126. The van der Waals surface area contributed by atoms with E-state index in [4.69, 9.17) is 9.40 Å². The molecule has 6 nitrogen and oxygen atoms in total. The summed E-state index contributed by atoms with van der Waals surface area (Å²) in [4.78, 5) is 19.9. The van der Waals surface area contributed by atoms with E-state index in [2.05, 4.69) is 46.8 Å². The predicted molar refractivity (Wildman–Crippen MR) is 115 cm³/mol. The fourth-order valence-electron chi connectivity index (χ4n) is 4.20. The molecule has 1 N–H and O–H groups in total. The normalized spacial score (nSPS) is 16.3. The average molecular weight is 395 g/mol. The van der Waals surface area contributed by atoms with Crippen LogP contribution in [0.4, 0.5) is 5.95 Å². The minimum Gasteiger partial charge on any atom is -0.469 e. The van der Waals surface area contributed by atoms with Gasteiger partial charge in [0.2, 0.25) is 11.9 Å². The first kappa shape index (κ1) is 19.6. The monoisotopic (exact) mass is 394 g/mol. The summed E-state index contributed by atoms with van der Waals surface area (Å²) in [6.07, 6.45) is 5.16. The van der Waals surface area contributed by atoms with Gasteiger partial charge in [0.15, 0.2) is 0 Å². The number of carbonyl (C=O) groups excluding carboxylic acids is 1. The minimum atomic E-state index is 0.0803. The van der Waals surface area contributed by atoms with Crippen molar-refractivity contribution in [2.24, 2.45) is 5.92 Å². The first-order chi connectivity index (χ1) is 14.2. The van der Waals surface area contributed by atoms with E-state index < -0.39 is 0 Å². The number of benzene rings is 1. The number of fused-ring (bicyclic) bond motifs is 1. The van der Waals surface area contributed by atoms with Gasteiger partial charge in [-0.05, 0) is 57.4 Å². The van der Waals surface area contributed by atoms with Gasteiger partial charge in [0.05, 0.1) is 17.3 Å². The lowest BCUT2D eigenvalue weighted by Crippen LogP contribution is -2.43. The van der Waals surface area contributed by atoms with Gasteiger partial charge in [0.1, 0.15) is 5.76 Å². The summed E-state index contributed by atoms with van der Waals surface area (Å²) in [6, 6.07) is 12.3. The van der Waals surface area contributed by atoms with Crippen LogP contribution in [0.25, 0.3) is 11.0 Å². The molecule has 1 aliphatic heterocycles. The maximum atomic E-state index is 12.7. The number of hydrogen-bond acceptors (Lipinski definition) is 4. The maximum Gasteiger partial charge on any atom is 0.223 e. The zero-order valence-corrected chi connectivity index (χ0v) is 17.3. The van der Waals surface area contributed by atoms with E-state index >= 15 is 0 Å². The van der Waals surface area contributed by atoms with Crippen LogP contribution in [0.2, 0.25) is 0 Å². The second kappa shape index (κ2) is 8.72. The Bertz CT molecular complexity index is 939. The number of hydrogen-bond donors (Lipinski definition) is 1. The third-order valence-corrected chi connectivity index (χ3v) is 5.89. The van der Waals surface area contributed by atoms with Crippen molar-refractivity contribution >= 4 is 22.9 Å². The predicted octanol–water partition coefficient (Wildman–Crippen LogP) is 4.00. The van der Waals surface area contributed by atoms with E-state index in [0.717, 1.165) is 62.5 Å². The zero-order valence-electron chi connectivity index (χ0n) is 17.3. The van der Waals surface area contributed by atoms with Crippen molar-refractivity contribution in [3.05, 3.63) is 48.4 Å². The van der Waals surface area contributed by atoms with Crippen LogP contribution in [0.3, 0.4) is 0 Å². The minimum absolute atomic E-state index is 0.0803. The third-order valence-electron chi connectivity index (χ3n) is 5.89. The van der Waals surface area contributed by atoms with Gasteiger partial charge in [0, 0.05) is 38.0 Å². The van der Waals surface area contributed by atoms with Crippen LogP contribution in [0.15, 0.2) is 47.1 Å². The SMILES string of the molecule is CCn1c(N2CCC(C(=O)N[C@H](C)CCc3ccco3)CC2)nc2ccccc21. The van der Waals surface area contributed by atoms with Gasteiger partial charge in [-0.3, -0.25) is 4.79 Å². The second-order valence-corrected chi connectivity index (χ2v) is 7.93. The Balaban J connectivity index is 1.31. The smallest absolute Gasteiger partial charge is 0.223 e. The van der Waals surface area contributed by atoms with Crippen molar-refractivity contribution in [2.75, 3.05) is 18.0 Å². The number of furan rings is 1. The summed E-state index contributed by atoms with van der Waals surface area (Å²) in [7, 11) is 0. The Morgan fingerprint density at radius 3 is 2.76 bits per heavy atom. The zero-order chi connectivity index (χ0) is 20.2. The lowest BCUT2D eigenvalue weighted by atomic mass is 9.95. The molecule has 1 saturated heterocycles. The topological polar surface area (TPSA) is 63.3 Å². The molecule has 1 amide bonds. The number of amides is 1. The molecule has 0 aliphatic carbocycles. The van der Waals surface area contributed by atoms with Crippen molar-refractivity contribution in [3.63, 3.8) is 0 Å². The summed E-state index contributed by atoms with van der Waals surface area (Å²) >= 11 is 0. The summed E-state index contributed by atoms with van der Waals surface area (Å²) in [5.74, 6) is 2.26. The molecule has 29 heavy (non-hydrogen) atoms. The molecule has 1 atom stereocenters. The molecular weight excluding hydrogens is 364 g/mol. The molecule has 3 heterocycles. The van der Waals surface area contributed by atoms with Crippen LogP contribution >= 0.6 is 0 Å². The van der Waals surface area contributed by atoms with Crippen LogP contribution in [-0.4, -0.2) is 34.6 Å². The van der Waals surface area contributed by atoms with Gasteiger partial charge in [-0.2, -0.15) is 0 Å². The van der Waals surface area contributed by atoms with E-state index in [0.29, 0.717) is 0 Å². The van der Waals surface area contributed by atoms with E-state index in [-0.39, 0.29) is 17.9 Å². The van der Waals surface area contributed by atoms with E-state index in [1.807, 2.05) is 18.2 Å². The van der Waals surface area contributed by atoms with Crippen LogP contribution < -0.4 is 10.2 Å². The highest BCUT2D eigenvalue weighted by Crippen LogP contribution is 2.27. The summed E-state index contributed by atoms with van der Waals surface area (Å²) in [5.41, 5.74) is 2.21. The van der Waals surface area contributed by atoms with Gasteiger partial charge in [-0.25, -0.2) is 4.98 Å². The average Bonchev–Trinajstić information content (AvgIpc) is 3.39. The number of nitrogens with one attached hydrogen (secondary N) is 1. The number of para-hydroxylation sites is 2. The Labute approximate surface area is 171 Å². The van der Waals surface area contributed by atoms with Crippen molar-refractivity contribution in [1.82, 2.24) is 14.9 Å². The molecule has 0 unspecified atom stereocenters. The highest BCUT2D eigenvalue weighted by atomic mass is 16.3. The van der Waals surface area contributed by atoms with Crippen molar-refractivity contribution in [3.8, 4) is 0 Å². The van der Waals surface area contributed by atoms with Crippen LogP contribution in [0, 0.1) is 5.92 Å². The summed E-state index contributed by atoms with van der Waals surface area (Å²) < 4.78 is 7.64. The first-order valence-electron chi connectivity index (χ1n) is 10.7. The van der Waals surface area contributed by atoms with Crippen LogP contribution in [0.1, 0.15) is 38.9 Å². The highest BCUT2D eigenvalue weighted by molar-refractivity contribution is 5.80. The highest BCUT2D eigenvalue weighted by Gasteiger charge is 2.28. The molecule has 3 aromatic rings. The third kappa shape index (κ3) is 4.31. The lowest BCUT2D eigenvalue weighted by Gasteiger charge is -2.32. The number of imidazole rings is 1. The Morgan fingerprint density at radius 2 is 2.03 bits per heavy atom. The number of piperidine rings is 1. The molecule has 2 aromatic heterocycles. The first-order valence-corrected chi connectivity index (χ1v) is 10.7. The summed E-state index contributed by atoms with van der Waals surface area (Å²) in [6.45, 7) is 6.84. The molecule has 154 valence electrons. The fraction of sp³-hybridized carbons (Fsp3) is 0.478. The van der Waals surface area contributed by atoms with Gasteiger partial charge in [-0.1, -0.05) is 12.1 Å². The number of rotatable bonds is 7. The standard InChI is InChI=1S/C23H30N4O2/c1-3-27-21-9-5-4-8-20(21)25-23(27)26-14-12-18(13-15-26)22(28)24-17(2)10-11-19-7-6-16-29-19/h4-9,16-18H,3,10-15H2,1-2H3,(H,24,28)/t17-/m1/s1. The molecule has 0 saturated carbocycles. The van der Waals surface area contributed by atoms with Gasteiger partial charge in [0.25, 0.3) is 0 Å². The molecule has 6 heteroatoms. The largest absolute Gasteiger partial charge is 0.469 e. The number of nitrogens with zero attached hydrogens (tertiary/aromatic N) is 3. The second-order valence-electron chi connectivity index (χ2n) is 7.93. The number of anilines is 1. The number of aromatic nitrogens is 2. The van der Waals surface area contributed by atoms with E-state index in [1.165, 1.54) is 5.52 Å². The van der Waals surface area contributed by atoms with Gasteiger partial charge >= 0.3 is 0 Å². The molecule has 0 radical (unpaired) electrons. The Morgan fingerprint density at radius 1 is 1.24 bits per heavy atom. The van der Waals surface area contributed by atoms with E-state index in [1.54, 1.807) is 6.26 Å². The number of carbonyl (C=O) groups is 1. The quantitative estimate of drug-likeness (QED) is 0.658. The molecular formula is C23H30N4O2. The van der Waals surface area contributed by atoms with Crippen molar-refractivity contribution < 1.29 is 9.21 Å². The van der Waals surface area contributed by atoms with E-state index in [9.17, 15) is 4.79 Å². The number of aryl methyl sites for hydroxylation is 2. The fourth-order valence-corrected chi connectivity index (χ4v) is 4.20. The van der Waals surface area contributed by atoms with Crippen LogP contribution in [-0.2, 0) is 17.8 Å². The van der Waals surface area contributed by atoms with Crippen molar-refractivity contribution in [1.29, 1.82) is 0 Å². The molecule has 1 fully saturated rings. The molecule has 0 bridgehead atoms. The van der Waals surface area contributed by atoms with Crippen molar-refractivity contribution in [2.45, 2.75) is 52.1 Å². The molecule has 0 spiro atoms. The van der Waals surface area contributed by atoms with Crippen LogP contribution in [0.5, 0.6) is 0 Å². The maximum absolute atomic E-state index is 12.7. The van der Waals surface area contributed by atoms with Gasteiger partial charge < -0.3 is 19.2 Å². The van der Waals surface area contributed by atoms with Gasteiger partial charge in [-0.15, -0.1) is 0 Å².